The summed E-state index contributed by atoms with van der Waals surface area (Å²) in [5.74, 6) is 1.05. The first-order valence-electron chi connectivity index (χ1n) is 9.14. The quantitative estimate of drug-likeness (QED) is 0.616. The summed E-state index contributed by atoms with van der Waals surface area (Å²) in [5.41, 5.74) is 4.27. The average molecular weight is 381 g/mol. The van der Waals surface area contributed by atoms with Gasteiger partial charge in [-0.05, 0) is 43.0 Å². The van der Waals surface area contributed by atoms with Crippen molar-refractivity contribution in [2.75, 3.05) is 11.1 Å². The molecule has 0 spiro atoms. The highest BCUT2D eigenvalue weighted by molar-refractivity contribution is 7.99. The Morgan fingerprint density at radius 1 is 1.00 bits per heavy atom. The molecule has 0 fully saturated rings. The molecule has 140 valence electrons. The molecule has 6 heteroatoms. The lowest BCUT2D eigenvalue weighted by Crippen LogP contribution is -2.17. The van der Waals surface area contributed by atoms with Gasteiger partial charge in [0.05, 0.1) is 5.75 Å². The van der Waals surface area contributed by atoms with E-state index in [4.69, 9.17) is 0 Å². The van der Waals surface area contributed by atoms with Gasteiger partial charge in [0, 0.05) is 11.4 Å². The highest BCUT2D eigenvalue weighted by atomic mass is 32.2. The van der Waals surface area contributed by atoms with Crippen LogP contribution in [0.1, 0.15) is 30.8 Å². The van der Waals surface area contributed by atoms with Crippen molar-refractivity contribution >= 4 is 23.4 Å². The summed E-state index contributed by atoms with van der Waals surface area (Å²) < 4.78 is 1.97. The van der Waals surface area contributed by atoms with Crippen molar-refractivity contribution in [2.45, 2.75) is 38.8 Å². The zero-order valence-corrected chi connectivity index (χ0v) is 16.7. The number of rotatable bonds is 7. The van der Waals surface area contributed by atoms with Gasteiger partial charge in [-0.25, -0.2) is 0 Å². The molecule has 27 heavy (non-hydrogen) atoms. The van der Waals surface area contributed by atoms with E-state index in [1.54, 1.807) is 0 Å². The van der Waals surface area contributed by atoms with Crippen molar-refractivity contribution in [1.29, 1.82) is 0 Å². The molecular weight excluding hydrogens is 356 g/mol. The first-order valence-corrected chi connectivity index (χ1v) is 10.1. The van der Waals surface area contributed by atoms with Gasteiger partial charge in [-0.2, -0.15) is 0 Å². The third-order valence-corrected chi connectivity index (χ3v) is 5.33. The maximum atomic E-state index is 12.6. The molecule has 2 aromatic carbocycles. The second-order valence-electron chi connectivity index (χ2n) is 6.20. The van der Waals surface area contributed by atoms with Gasteiger partial charge >= 0.3 is 0 Å². The van der Waals surface area contributed by atoms with Crippen molar-refractivity contribution in [1.82, 2.24) is 14.8 Å². The number of amides is 1. The Morgan fingerprint density at radius 3 is 2.30 bits per heavy atom. The predicted octanol–water partition coefficient (Wildman–Crippen LogP) is 4.43. The molecule has 0 unspecified atom stereocenters. The maximum absolute atomic E-state index is 12.6. The topological polar surface area (TPSA) is 59.8 Å². The van der Waals surface area contributed by atoms with Gasteiger partial charge in [0.15, 0.2) is 5.16 Å². The Morgan fingerprint density at radius 2 is 1.67 bits per heavy atom. The lowest BCUT2D eigenvalue weighted by Gasteiger charge is -2.14. The monoisotopic (exact) mass is 380 g/mol. The lowest BCUT2D eigenvalue weighted by molar-refractivity contribution is -0.113. The van der Waals surface area contributed by atoms with Crippen LogP contribution >= 0.6 is 11.8 Å². The Labute approximate surface area is 164 Å². The summed E-state index contributed by atoms with van der Waals surface area (Å²) in [6.07, 6.45) is 1.77. The minimum absolute atomic E-state index is 0.0316. The largest absolute Gasteiger partial charge is 0.325 e. The van der Waals surface area contributed by atoms with Crippen LogP contribution in [0.4, 0.5) is 5.69 Å². The number of nitrogens with one attached hydrogen (secondary N) is 1. The minimum Gasteiger partial charge on any atom is -0.325 e. The SMILES string of the molecule is CCc1cccc(CC)c1NC(=O)CSc1nnc(C)n1-c1ccccc1. The molecule has 5 nitrogen and oxygen atoms in total. The number of thioether (sulfide) groups is 1. The van der Waals surface area contributed by atoms with E-state index in [1.165, 1.54) is 11.8 Å². The minimum atomic E-state index is -0.0316. The number of carbonyl (C=O) groups is 1. The number of carbonyl (C=O) groups excluding carboxylic acids is 1. The van der Waals surface area contributed by atoms with Crippen LogP contribution in [-0.2, 0) is 17.6 Å². The molecule has 0 radical (unpaired) electrons. The number of nitrogens with zero attached hydrogens (tertiary/aromatic N) is 3. The van der Waals surface area contributed by atoms with Crippen LogP contribution in [0.5, 0.6) is 0 Å². The summed E-state index contributed by atoms with van der Waals surface area (Å²) in [6.45, 7) is 6.11. The van der Waals surface area contributed by atoms with Crippen molar-refractivity contribution in [3.63, 3.8) is 0 Å². The first kappa shape index (κ1) is 19.2. The number of anilines is 1. The van der Waals surface area contributed by atoms with Gasteiger partial charge in [-0.15, -0.1) is 10.2 Å². The molecule has 1 aromatic heterocycles. The van der Waals surface area contributed by atoms with E-state index in [0.717, 1.165) is 41.2 Å². The number of hydrogen-bond donors (Lipinski definition) is 1. The number of para-hydroxylation sites is 2. The van der Waals surface area contributed by atoms with E-state index in [1.807, 2.05) is 47.9 Å². The molecule has 0 atom stereocenters. The smallest absolute Gasteiger partial charge is 0.234 e. The molecule has 0 aliphatic heterocycles. The Kier molecular flexibility index (Phi) is 6.29. The maximum Gasteiger partial charge on any atom is 0.234 e. The lowest BCUT2D eigenvalue weighted by atomic mass is 10.0. The number of aryl methyl sites for hydroxylation is 3. The summed E-state index contributed by atoms with van der Waals surface area (Å²) in [4.78, 5) is 12.6. The molecule has 1 heterocycles. The van der Waals surface area contributed by atoms with E-state index in [2.05, 4.69) is 41.5 Å². The highest BCUT2D eigenvalue weighted by Gasteiger charge is 2.15. The van der Waals surface area contributed by atoms with E-state index in [0.29, 0.717) is 5.16 Å². The zero-order chi connectivity index (χ0) is 19.2. The molecule has 1 N–H and O–H groups in total. The summed E-state index contributed by atoms with van der Waals surface area (Å²) >= 11 is 1.39. The number of hydrogen-bond acceptors (Lipinski definition) is 4. The molecule has 3 rings (SSSR count). The third kappa shape index (κ3) is 4.39. The van der Waals surface area contributed by atoms with Crippen molar-refractivity contribution in [3.8, 4) is 5.69 Å². The Bertz CT molecular complexity index is 899. The molecular formula is C21H24N4OS. The van der Waals surface area contributed by atoms with E-state index in [-0.39, 0.29) is 11.7 Å². The van der Waals surface area contributed by atoms with Crippen LogP contribution in [0.25, 0.3) is 5.69 Å². The molecule has 3 aromatic rings. The highest BCUT2D eigenvalue weighted by Crippen LogP contribution is 2.25. The average Bonchev–Trinajstić information content (AvgIpc) is 3.07. The molecule has 0 saturated heterocycles. The van der Waals surface area contributed by atoms with Crippen LogP contribution in [0.3, 0.4) is 0 Å². The van der Waals surface area contributed by atoms with Gasteiger partial charge in [0.1, 0.15) is 5.82 Å². The Hall–Kier alpha value is -2.60. The second kappa shape index (κ2) is 8.86. The number of aromatic nitrogens is 3. The molecule has 0 aliphatic rings. The first-order chi connectivity index (χ1) is 13.1. The predicted molar refractivity (Wildman–Crippen MR) is 111 cm³/mol. The number of benzene rings is 2. The molecule has 0 aliphatic carbocycles. The Balaban J connectivity index is 1.73. The van der Waals surface area contributed by atoms with Crippen LogP contribution in [0.15, 0.2) is 53.7 Å². The van der Waals surface area contributed by atoms with Crippen LogP contribution in [-0.4, -0.2) is 26.4 Å². The van der Waals surface area contributed by atoms with Gasteiger partial charge in [0.25, 0.3) is 0 Å². The fourth-order valence-corrected chi connectivity index (χ4v) is 3.82. The normalized spacial score (nSPS) is 10.8. The van der Waals surface area contributed by atoms with Gasteiger partial charge in [0.2, 0.25) is 5.91 Å². The van der Waals surface area contributed by atoms with Crippen molar-refractivity contribution in [2.24, 2.45) is 0 Å². The fourth-order valence-electron chi connectivity index (χ4n) is 3.02. The second-order valence-corrected chi connectivity index (χ2v) is 7.14. The van der Waals surface area contributed by atoms with Gasteiger partial charge < -0.3 is 5.32 Å². The summed E-state index contributed by atoms with van der Waals surface area (Å²) in [6, 6.07) is 16.1. The van der Waals surface area contributed by atoms with Crippen LogP contribution in [0, 0.1) is 6.92 Å². The van der Waals surface area contributed by atoms with Crippen LogP contribution in [0.2, 0.25) is 0 Å². The van der Waals surface area contributed by atoms with Crippen molar-refractivity contribution in [3.05, 3.63) is 65.5 Å². The summed E-state index contributed by atoms with van der Waals surface area (Å²) in [5, 5.41) is 12.2. The summed E-state index contributed by atoms with van der Waals surface area (Å²) in [7, 11) is 0. The standard InChI is InChI=1S/C21H24N4OS/c1-4-16-10-9-11-17(5-2)20(16)22-19(26)14-27-21-24-23-15(3)25(21)18-12-7-6-8-13-18/h6-13H,4-5,14H2,1-3H3,(H,22,26). The van der Waals surface area contributed by atoms with E-state index < -0.39 is 0 Å². The van der Waals surface area contributed by atoms with E-state index >= 15 is 0 Å². The van der Waals surface area contributed by atoms with Crippen molar-refractivity contribution < 1.29 is 4.79 Å². The van der Waals surface area contributed by atoms with E-state index in [9.17, 15) is 4.79 Å². The van der Waals surface area contributed by atoms with Gasteiger partial charge in [-0.1, -0.05) is 62.0 Å². The molecule has 1 amide bonds. The zero-order valence-electron chi connectivity index (χ0n) is 15.9. The molecule has 0 bridgehead atoms. The van der Waals surface area contributed by atoms with Gasteiger partial charge in [-0.3, -0.25) is 9.36 Å². The molecule has 0 saturated carbocycles. The van der Waals surface area contributed by atoms with Crippen LogP contribution < -0.4 is 5.32 Å². The fraction of sp³-hybridized carbons (Fsp3) is 0.286. The third-order valence-electron chi connectivity index (χ3n) is 4.41.